The number of halogens is 1. The third-order valence-electron chi connectivity index (χ3n) is 3.41. The Labute approximate surface area is 139 Å². The SMILES string of the molecule is NC(=O)[C@H](Cc1ccccc1Cl)NC(=O)[C@@H](O)c1ccccc1. The Morgan fingerprint density at radius 3 is 2.30 bits per heavy atom. The van der Waals surface area contributed by atoms with Crippen LogP contribution >= 0.6 is 11.6 Å². The number of hydrogen-bond donors (Lipinski definition) is 3. The number of amides is 2. The van der Waals surface area contributed by atoms with Gasteiger partial charge in [-0.2, -0.15) is 0 Å². The summed E-state index contributed by atoms with van der Waals surface area (Å²) in [6.45, 7) is 0. The van der Waals surface area contributed by atoms with Gasteiger partial charge >= 0.3 is 0 Å². The zero-order chi connectivity index (χ0) is 16.8. The highest BCUT2D eigenvalue weighted by Gasteiger charge is 2.24. The summed E-state index contributed by atoms with van der Waals surface area (Å²) < 4.78 is 0. The molecule has 2 rings (SSSR count). The quantitative estimate of drug-likeness (QED) is 0.750. The maximum Gasteiger partial charge on any atom is 0.254 e. The van der Waals surface area contributed by atoms with Crippen LogP contribution in [-0.2, 0) is 16.0 Å². The van der Waals surface area contributed by atoms with Gasteiger partial charge in [0.15, 0.2) is 6.10 Å². The van der Waals surface area contributed by atoms with Crippen LogP contribution in [0.5, 0.6) is 0 Å². The molecule has 0 aliphatic carbocycles. The van der Waals surface area contributed by atoms with Crippen molar-refractivity contribution in [3.05, 3.63) is 70.7 Å². The van der Waals surface area contributed by atoms with Gasteiger partial charge in [0.25, 0.3) is 5.91 Å². The lowest BCUT2D eigenvalue weighted by Crippen LogP contribution is -2.47. The molecule has 0 radical (unpaired) electrons. The Morgan fingerprint density at radius 1 is 1.09 bits per heavy atom. The predicted octanol–water partition coefficient (Wildman–Crippen LogP) is 1.59. The van der Waals surface area contributed by atoms with E-state index in [0.29, 0.717) is 16.1 Å². The molecule has 0 unspecified atom stereocenters. The number of nitrogens with two attached hydrogens (primary N) is 1. The molecule has 0 bridgehead atoms. The molecule has 0 aliphatic heterocycles. The van der Waals surface area contributed by atoms with Crippen molar-refractivity contribution in [2.24, 2.45) is 5.73 Å². The Morgan fingerprint density at radius 2 is 1.70 bits per heavy atom. The molecule has 4 N–H and O–H groups in total. The first kappa shape index (κ1) is 17.0. The van der Waals surface area contributed by atoms with Crippen molar-refractivity contribution in [2.75, 3.05) is 0 Å². The molecule has 0 saturated heterocycles. The Balaban J connectivity index is 2.09. The molecular weight excluding hydrogens is 316 g/mol. The fourth-order valence-corrected chi connectivity index (χ4v) is 2.36. The van der Waals surface area contributed by atoms with E-state index in [9.17, 15) is 14.7 Å². The van der Waals surface area contributed by atoms with Crippen LogP contribution in [0, 0.1) is 0 Å². The first-order valence-corrected chi connectivity index (χ1v) is 7.43. The maximum atomic E-state index is 12.1. The predicted molar refractivity (Wildman–Crippen MR) is 87.7 cm³/mol. The van der Waals surface area contributed by atoms with Crippen LogP contribution < -0.4 is 11.1 Å². The third kappa shape index (κ3) is 4.55. The molecule has 2 atom stereocenters. The summed E-state index contributed by atoms with van der Waals surface area (Å²) in [5.41, 5.74) is 6.47. The molecule has 0 fully saturated rings. The number of aliphatic hydroxyl groups excluding tert-OH is 1. The number of benzene rings is 2. The van der Waals surface area contributed by atoms with Gasteiger partial charge in [0.2, 0.25) is 5.91 Å². The lowest BCUT2D eigenvalue weighted by molar-refractivity contribution is -0.133. The van der Waals surface area contributed by atoms with E-state index in [1.54, 1.807) is 54.6 Å². The van der Waals surface area contributed by atoms with Gasteiger partial charge in [-0.05, 0) is 17.2 Å². The number of nitrogens with one attached hydrogen (secondary N) is 1. The summed E-state index contributed by atoms with van der Waals surface area (Å²) in [6.07, 6.45) is -1.22. The molecule has 0 saturated carbocycles. The number of rotatable bonds is 6. The number of primary amides is 1. The average Bonchev–Trinajstić information content (AvgIpc) is 2.56. The highest BCUT2D eigenvalue weighted by Crippen LogP contribution is 2.17. The van der Waals surface area contributed by atoms with E-state index < -0.39 is 24.0 Å². The minimum atomic E-state index is -1.37. The molecule has 2 aromatic rings. The van der Waals surface area contributed by atoms with E-state index in [1.165, 1.54) is 0 Å². The van der Waals surface area contributed by atoms with Crippen LogP contribution in [0.2, 0.25) is 5.02 Å². The fourth-order valence-electron chi connectivity index (χ4n) is 2.14. The van der Waals surface area contributed by atoms with Gasteiger partial charge in [-0.15, -0.1) is 0 Å². The van der Waals surface area contributed by atoms with Crippen molar-refractivity contribution < 1.29 is 14.7 Å². The molecule has 2 amide bonds. The van der Waals surface area contributed by atoms with Crippen LogP contribution in [0.4, 0.5) is 0 Å². The second-order valence-electron chi connectivity index (χ2n) is 5.07. The standard InChI is InChI=1S/C17H17ClN2O3/c18-13-9-5-4-8-12(13)10-14(16(19)22)20-17(23)15(21)11-6-2-1-3-7-11/h1-9,14-15,21H,10H2,(H2,19,22)(H,20,23)/t14-,15-/m0/s1. The van der Waals surface area contributed by atoms with Crippen LogP contribution in [0.25, 0.3) is 0 Å². The Bertz CT molecular complexity index is 691. The summed E-state index contributed by atoms with van der Waals surface area (Å²) in [5.74, 6) is -1.38. The van der Waals surface area contributed by atoms with E-state index in [1.807, 2.05) is 0 Å². The molecule has 23 heavy (non-hydrogen) atoms. The molecular formula is C17H17ClN2O3. The van der Waals surface area contributed by atoms with E-state index in [-0.39, 0.29) is 6.42 Å². The van der Waals surface area contributed by atoms with Gasteiger partial charge < -0.3 is 16.2 Å². The van der Waals surface area contributed by atoms with E-state index in [2.05, 4.69) is 5.32 Å². The minimum absolute atomic E-state index is 0.155. The molecule has 120 valence electrons. The van der Waals surface area contributed by atoms with E-state index >= 15 is 0 Å². The highest BCUT2D eigenvalue weighted by atomic mass is 35.5. The van der Waals surface area contributed by atoms with Crippen molar-refractivity contribution in [2.45, 2.75) is 18.6 Å². The summed E-state index contributed by atoms with van der Waals surface area (Å²) in [5, 5.41) is 13.0. The second kappa shape index (κ2) is 7.76. The first-order chi connectivity index (χ1) is 11.0. The van der Waals surface area contributed by atoms with E-state index in [0.717, 1.165) is 0 Å². The largest absolute Gasteiger partial charge is 0.378 e. The van der Waals surface area contributed by atoms with Gasteiger partial charge in [-0.3, -0.25) is 9.59 Å². The molecule has 0 heterocycles. The average molecular weight is 333 g/mol. The number of carbonyl (C=O) groups is 2. The Hall–Kier alpha value is -2.37. The van der Waals surface area contributed by atoms with Crippen LogP contribution in [-0.4, -0.2) is 23.0 Å². The van der Waals surface area contributed by atoms with Gasteiger partial charge in [-0.1, -0.05) is 60.1 Å². The van der Waals surface area contributed by atoms with Crippen molar-refractivity contribution in [3.63, 3.8) is 0 Å². The van der Waals surface area contributed by atoms with Crippen LogP contribution in [0.3, 0.4) is 0 Å². The summed E-state index contributed by atoms with van der Waals surface area (Å²) in [6, 6.07) is 14.5. The minimum Gasteiger partial charge on any atom is -0.378 e. The second-order valence-corrected chi connectivity index (χ2v) is 5.48. The summed E-state index contributed by atoms with van der Waals surface area (Å²) >= 11 is 6.05. The normalized spacial score (nSPS) is 13.1. The Kier molecular flexibility index (Phi) is 5.73. The summed E-state index contributed by atoms with van der Waals surface area (Å²) in [4.78, 5) is 23.7. The number of hydrogen-bond acceptors (Lipinski definition) is 3. The van der Waals surface area contributed by atoms with Crippen LogP contribution in [0.1, 0.15) is 17.2 Å². The monoisotopic (exact) mass is 332 g/mol. The summed E-state index contributed by atoms with van der Waals surface area (Å²) in [7, 11) is 0. The van der Waals surface area contributed by atoms with Gasteiger partial charge in [0.1, 0.15) is 6.04 Å². The molecule has 0 aromatic heterocycles. The zero-order valence-corrected chi connectivity index (χ0v) is 13.0. The molecule has 6 heteroatoms. The van der Waals surface area contributed by atoms with Gasteiger partial charge in [0.05, 0.1) is 0 Å². The number of aliphatic hydroxyl groups is 1. The van der Waals surface area contributed by atoms with Crippen molar-refractivity contribution >= 4 is 23.4 Å². The van der Waals surface area contributed by atoms with Gasteiger partial charge in [-0.25, -0.2) is 0 Å². The van der Waals surface area contributed by atoms with Gasteiger partial charge in [0, 0.05) is 11.4 Å². The van der Waals surface area contributed by atoms with Crippen molar-refractivity contribution in [3.8, 4) is 0 Å². The van der Waals surface area contributed by atoms with Crippen LogP contribution in [0.15, 0.2) is 54.6 Å². The first-order valence-electron chi connectivity index (χ1n) is 7.05. The third-order valence-corrected chi connectivity index (χ3v) is 3.77. The lowest BCUT2D eigenvalue weighted by Gasteiger charge is -2.19. The molecule has 0 spiro atoms. The van der Waals surface area contributed by atoms with Crippen molar-refractivity contribution in [1.29, 1.82) is 0 Å². The highest BCUT2D eigenvalue weighted by molar-refractivity contribution is 6.31. The number of carbonyl (C=O) groups excluding carboxylic acids is 2. The zero-order valence-electron chi connectivity index (χ0n) is 12.3. The molecule has 2 aromatic carbocycles. The smallest absolute Gasteiger partial charge is 0.254 e. The topological polar surface area (TPSA) is 92.4 Å². The molecule has 0 aliphatic rings. The lowest BCUT2D eigenvalue weighted by atomic mass is 10.0. The fraction of sp³-hybridized carbons (Fsp3) is 0.176. The molecule has 5 nitrogen and oxygen atoms in total. The maximum absolute atomic E-state index is 12.1. The van der Waals surface area contributed by atoms with E-state index in [4.69, 9.17) is 17.3 Å². The van der Waals surface area contributed by atoms with Crippen molar-refractivity contribution in [1.82, 2.24) is 5.32 Å².